The van der Waals surface area contributed by atoms with Crippen molar-refractivity contribution >= 4 is 27.5 Å². The van der Waals surface area contributed by atoms with Crippen molar-refractivity contribution in [1.29, 1.82) is 0 Å². The van der Waals surface area contributed by atoms with Crippen molar-refractivity contribution in [1.82, 2.24) is 5.32 Å². The van der Waals surface area contributed by atoms with E-state index in [1.54, 1.807) is 0 Å². The van der Waals surface area contributed by atoms with E-state index in [4.69, 9.17) is 21.1 Å². The van der Waals surface area contributed by atoms with E-state index in [2.05, 4.69) is 33.4 Å². The zero-order chi connectivity index (χ0) is 21.4. The molecular formula is C26H31BrClNO2. The van der Waals surface area contributed by atoms with Crippen molar-refractivity contribution in [3.8, 4) is 11.5 Å². The van der Waals surface area contributed by atoms with Crippen LogP contribution in [0.1, 0.15) is 56.6 Å². The van der Waals surface area contributed by atoms with Crippen LogP contribution in [0.2, 0.25) is 5.02 Å². The van der Waals surface area contributed by atoms with E-state index < -0.39 is 0 Å². The Morgan fingerprint density at radius 2 is 1.71 bits per heavy atom. The van der Waals surface area contributed by atoms with Gasteiger partial charge in [0.15, 0.2) is 11.5 Å². The summed E-state index contributed by atoms with van der Waals surface area (Å²) in [5.41, 5.74) is 2.63. The molecule has 0 heterocycles. The molecule has 0 atom stereocenters. The van der Waals surface area contributed by atoms with Gasteiger partial charge in [-0.15, -0.1) is 0 Å². The highest BCUT2D eigenvalue weighted by Gasteiger charge is 2.50. The first kappa shape index (κ1) is 21.6. The first-order valence-electron chi connectivity index (χ1n) is 11.6. The Bertz CT molecular complexity index is 912. The fourth-order valence-electron chi connectivity index (χ4n) is 6.53. The molecule has 4 saturated carbocycles. The number of nitrogens with one attached hydrogen (secondary N) is 1. The van der Waals surface area contributed by atoms with E-state index in [9.17, 15) is 0 Å². The molecule has 2 aromatic carbocycles. The van der Waals surface area contributed by atoms with Gasteiger partial charge in [-0.05, 0) is 115 Å². The minimum absolute atomic E-state index is 0.356. The minimum atomic E-state index is 0.356. The fourth-order valence-corrected chi connectivity index (χ4v) is 7.34. The lowest BCUT2D eigenvalue weighted by atomic mass is 9.53. The van der Waals surface area contributed by atoms with Crippen LogP contribution in [-0.2, 0) is 13.2 Å². The maximum atomic E-state index is 6.14. The number of hydrogen-bond acceptors (Lipinski definition) is 3. The molecule has 0 aliphatic heterocycles. The summed E-state index contributed by atoms with van der Waals surface area (Å²) in [5, 5.41) is 4.71. The van der Waals surface area contributed by atoms with Crippen LogP contribution in [0.3, 0.4) is 0 Å². The summed E-state index contributed by atoms with van der Waals surface area (Å²) in [4.78, 5) is 0. The predicted molar refractivity (Wildman–Crippen MR) is 129 cm³/mol. The van der Waals surface area contributed by atoms with Gasteiger partial charge in [-0.2, -0.15) is 0 Å². The quantitative estimate of drug-likeness (QED) is 0.414. The molecule has 4 aliphatic carbocycles. The van der Waals surface area contributed by atoms with Crippen LogP contribution < -0.4 is 14.8 Å². The molecule has 4 fully saturated rings. The average molecular weight is 505 g/mol. The lowest BCUT2D eigenvalue weighted by Crippen LogP contribution is -2.58. The number of halogens is 2. The summed E-state index contributed by atoms with van der Waals surface area (Å²) in [5.74, 6) is 4.40. The van der Waals surface area contributed by atoms with Gasteiger partial charge in [-0.3, -0.25) is 0 Å². The highest BCUT2D eigenvalue weighted by Crippen LogP contribution is 2.55. The first-order valence-corrected chi connectivity index (χ1v) is 12.8. The molecule has 1 N–H and O–H groups in total. The van der Waals surface area contributed by atoms with Crippen LogP contribution in [0, 0.1) is 17.8 Å². The molecule has 0 radical (unpaired) electrons. The Morgan fingerprint density at radius 3 is 2.35 bits per heavy atom. The third kappa shape index (κ3) is 4.77. The van der Waals surface area contributed by atoms with Crippen LogP contribution in [-0.4, -0.2) is 12.1 Å². The van der Waals surface area contributed by atoms with Gasteiger partial charge in [0.25, 0.3) is 0 Å². The molecule has 0 saturated heterocycles. The SMILES string of the molecule is CCOc1cc(CNC23CC4CC(CC(C4)C2)C3)cc(Br)c1OCc1cccc(Cl)c1. The molecule has 0 unspecified atom stereocenters. The molecule has 0 amide bonds. The second-order valence-corrected chi connectivity index (χ2v) is 11.1. The molecule has 6 rings (SSSR count). The Kier molecular flexibility index (Phi) is 6.24. The van der Waals surface area contributed by atoms with Crippen LogP contribution in [0.5, 0.6) is 11.5 Å². The molecular weight excluding hydrogens is 474 g/mol. The fraction of sp³-hybridized carbons (Fsp3) is 0.538. The number of ether oxygens (including phenoxy) is 2. The van der Waals surface area contributed by atoms with Crippen molar-refractivity contribution in [3.05, 3.63) is 57.0 Å². The lowest BCUT2D eigenvalue weighted by molar-refractivity contribution is -0.0206. The second-order valence-electron chi connectivity index (χ2n) is 9.81. The normalized spacial score (nSPS) is 28.7. The number of rotatable bonds is 8. The highest BCUT2D eigenvalue weighted by molar-refractivity contribution is 9.10. The van der Waals surface area contributed by atoms with E-state index in [1.165, 1.54) is 44.1 Å². The van der Waals surface area contributed by atoms with Gasteiger partial charge in [0.05, 0.1) is 11.1 Å². The molecule has 2 aromatic rings. The molecule has 4 aliphatic rings. The first-order chi connectivity index (χ1) is 15.0. The monoisotopic (exact) mass is 503 g/mol. The zero-order valence-electron chi connectivity index (χ0n) is 18.1. The summed E-state index contributed by atoms with van der Waals surface area (Å²) < 4.78 is 13.0. The smallest absolute Gasteiger partial charge is 0.175 e. The Labute approximate surface area is 199 Å². The van der Waals surface area contributed by atoms with Gasteiger partial charge in [0.1, 0.15) is 6.61 Å². The highest BCUT2D eigenvalue weighted by atomic mass is 79.9. The van der Waals surface area contributed by atoms with Crippen molar-refractivity contribution in [2.24, 2.45) is 17.8 Å². The molecule has 5 heteroatoms. The molecule has 0 spiro atoms. The van der Waals surface area contributed by atoms with Gasteiger partial charge >= 0.3 is 0 Å². The van der Waals surface area contributed by atoms with Gasteiger partial charge in [-0.25, -0.2) is 0 Å². The minimum Gasteiger partial charge on any atom is -0.490 e. The number of benzene rings is 2. The van der Waals surface area contributed by atoms with Crippen molar-refractivity contribution in [3.63, 3.8) is 0 Å². The average Bonchev–Trinajstić information content (AvgIpc) is 2.71. The topological polar surface area (TPSA) is 30.5 Å². The molecule has 166 valence electrons. The maximum Gasteiger partial charge on any atom is 0.175 e. The summed E-state index contributed by atoms with van der Waals surface area (Å²) in [7, 11) is 0. The van der Waals surface area contributed by atoms with E-state index in [0.717, 1.165) is 50.9 Å². The van der Waals surface area contributed by atoms with Crippen LogP contribution in [0.15, 0.2) is 40.9 Å². The van der Waals surface area contributed by atoms with E-state index >= 15 is 0 Å². The van der Waals surface area contributed by atoms with Crippen molar-refractivity contribution in [2.75, 3.05) is 6.61 Å². The molecule has 3 nitrogen and oxygen atoms in total. The van der Waals surface area contributed by atoms with Gasteiger partial charge < -0.3 is 14.8 Å². The summed E-state index contributed by atoms with van der Waals surface area (Å²) in [6.07, 6.45) is 8.50. The maximum absolute atomic E-state index is 6.14. The predicted octanol–water partition coefficient (Wildman–Crippen LogP) is 7.14. The van der Waals surface area contributed by atoms with Crippen molar-refractivity contribution < 1.29 is 9.47 Å². The van der Waals surface area contributed by atoms with E-state index in [-0.39, 0.29) is 0 Å². The number of hydrogen-bond donors (Lipinski definition) is 1. The molecule has 4 bridgehead atoms. The third-order valence-corrected chi connectivity index (χ3v) is 8.17. The molecule has 31 heavy (non-hydrogen) atoms. The standard InChI is InChI=1S/C26H31BrClNO2/c1-2-30-24-11-21(10-23(27)25(24)31-16-17-4-3-5-22(28)9-17)15-29-26-12-18-6-19(13-26)8-20(7-18)14-26/h3-5,9-11,18-20,29H,2,6-8,12-16H2,1H3. The van der Waals surface area contributed by atoms with Crippen LogP contribution >= 0.6 is 27.5 Å². The summed E-state index contributed by atoms with van der Waals surface area (Å²) in [6.45, 7) is 3.93. The van der Waals surface area contributed by atoms with Gasteiger partial charge in [0, 0.05) is 17.1 Å². The third-order valence-electron chi connectivity index (χ3n) is 7.35. The largest absolute Gasteiger partial charge is 0.490 e. The Morgan fingerprint density at radius 1 is 1.00 bits per heavy atom. The lowest BCUT2D eigenvalue weighted by Gasteiger charge is -2.57. The Balaban J connectivity index is 1.29. The van der Waals surface area contributed by atoms with Crippen LogP contribution in [0.25, 0.3) is 0 Å². The van der Waals surface area contributed by atoms with E-state index in [1.807, 2.05) is 31.2 Å². The zero-order valence-corrected chi connectivity index (χ0v) is 20.5. The van der Waals surface area contributed by atoms with Crippen molar-refractivity contribution in [2.45, 2.75) is 64.1 Å². The summed E-state index contributed by atoms with van der Waals surface area (Å²) >= 11 is 9.84. The van der Waals surface area contributed by atoms with Gasteiger partial charge in [-0.1, -0.05) is 23.7 Å². The Hall–Kier alpha value is -1.23. The van der Waals surface area contributed by atoms with Crippen LogP contribution in [0.4, 0.5) is 0 Å². The second kappa shape index (κ2) is 8.96. The van der Waals surface area contributed by atoms with Gasteiger partial charge in [0.2, 0.25) is 0 Å². The molecule has 0 aromatic heterocycles. The van der Waals surface area contributed by atoms with E-state index in [0.29, 0.717) is 18.8 Å². The summed E-state index contributed by atoms with van der Waals surface area (Å²) in [6, 6.07) is 12.1.